The van der Waals surface area contributed by atoms with Gasteiger partial charge in [0, 0.05) is 44.9 Å². The van der Waals surface area contributed by atoms with Gasteiger partial charge in [-0.05, 0) is 37.5 Å². The van der Waals surface area contributed by atoms with Gasteiger partial charge in [0.05, 0.1) is 25.0 Å². The first kappa shape index (κ1) is 21.5. The molecule has 2 saturated heterocycles. The summed E-state index contributed by atoms with van der Waals surface area (Å²) in [6.45, 7) is 4.81. The fourth-order valence-corrected chi connectivity index (χ4v) is 3.39. The van der Waals surface area contributed by atoms with E-state index in [4.69, 9.17) is 9.47 Å². The minimum Gasteiger partial charge on any atom is -0.379 e. The first-order valence-electron chi connectivity index (χ1n) is 10.2. The highest BCUT2D eigenvalue weighted by molar-refractivity contribution is 5.93. The van der Waals surface area contributed by atoms with Crippen LogP contribution in [0.3, 0.4) is 0 Å². The number of halogens is 1. The molecule has 2 aliphatic rings. The van der Waals surface area contributed by atoms with Gasteiger partial charge in [-0.15, -0.1) is 0 Å². The number of morpholine rings is 1. The maximum absolute atomic E-state index is 14.1. The van der Waals surface area contributed by atoms with Crippen LogP contribution < -0.4 is 16.0 Å². The first-order valence-corrected chi connectivity index (χ1v) is 10.2. The molecule has 0 spiro atoms. The first-order chi connectivity index (χ1) is 14.1. The van der Waals surface area contributed by atoms with Crippen LogP contribution in [-0.4, -0.2) is 68.9 Å². The lowest BCUT2D eigenvalue weighted by Gasteiger charge is -2.26. The van der Waals surface area contributed by atoms with Crippen LogP contribution in [0.4, 0.5) is 20.6 Å². The van der Waals surface area contributed by atoms with Crippen LogP contribution in [0, 0.1) is 5.82 Å². The zero-order valence-electron chi connectivity index (χ0n) is 16.5. The van der Waals surface area contributed by atoms with E-state index < -0.39 is 5.82 Å². The molecule has 3 rings (SSSR count). The number of benzene rings is 1. The molecule has 1 aromatic rings. The van der Waals surface area contributed by atoms with E-state index in [0.29, 0.717) is 32.0 Å². The maximum atomic E-state index is 14.1. The Hall–Kier alpha value is -2.23. The number of rotatable bonds is 8. The molecule has 3 N–H and O–H groups in total. The Labute approximate surface area is 170 Å². The molecule has 0 saturated carbocycles. The number of amides is 3. The Kier molecular flexibility index (Phi) is 8.21. The van der Waals surface area contributed by atoms with Crippen LogP contribution in [-0.2, 0) is 14.3 Å². The fourth-order valence-electron chi connectivity index (χ4n) is 3.39. The fraction of sp³-hybridized carbons (Fsp3) is 0.600. The number of ether oxygens (including phenoxy) is 2. The van der Waals surface area contributed by atoms with E-state index in [1.165, 1.54) is 18.2 Å². The van der Waals surface area contributed by atoms with Gasteiger partial charge in [-0.2, -0.15) is 0 Å². The average molecular weight is 408 g/mol. The summed E-state index contributed by atoms with van der Waals surface area (Å²) in [5, 5.41) is 8.01. The summed E-state index contributed by atoms with van der Waals surface area (Å²) in [5.74, 6) is -0.817. The Morgan fingerprint density at radius 3 is 2.76 bits per heavy atom. The Morgan fingerprint density at radius 1 is 1.17 bits per heavy atom. The number of urea groups is 1. The summed E-state index contributed by atoms with van der Waals surface area (Å²) in [7, 11) is 0. The number of hydrogen-bond acceptors (Lipinski definition) is 5. The molecule has 0 aliphatic carbocycles. The van der Waals surface area contributed by atoms with E-state index in [1.807, 2.05) is 0 Å². The van der Waals surface area contributed by atoms with Gasteiger partial charge in [0.2, 0.25) is 5.91 Å². The number of carbonyl (C=O) groups excluding carboxylic acids is 2. The number of carbonyl (C=O) groups is 2. The van der Waals surface area contributed by atoms with Crippen molar-refractivity contribution in [2.24, 2.45) is 0 Å². The van der Waals surface area contributed by atoms with Crippen molar-refractivity contribution in [2.75, 3.05) is 56.6 Å². The van der Waals surface area contributed by atoms with Gasteiger partial charge >= 0.3 is 6.03 Å². The van der Waals surface area contributed by atoms with E-state index in [2.05, 4.69) is 20.9 Å². The summed E-state index contributed by atoms with van der Waals surface area (Å²) in [6.07, 6.45) is 3.33. The largest absolute Gasteiger partial charge is 0.379 e. The zero-order valence-corrected chi connectivity index (χ0v) is 16.5. The molecule has 2 aliphatic heterocycles. The molecule has 0 unspecified atom stereocenters. The van der Waals surface area contributed by atoms with Gasteiger partial charge in [-0.1, -0.05) is 0 Å². The monoisotopic (exact) mass is 408 g/mol. The van der Waals surface area contributed by atoms with E-state index in [0.717, 1.165) is 39.0 Å². The van der Waals surface area contributed by atoms with Crippen molar-refractivity contribution >= 4 is 23.3 Å². The molecule has 2 heterocycles. The zero-order chi connectivity index (χ0) is 20.5. The van der Waals surface area contributed by atoms with Gasteiger partial charge in [0.25, 0.3) is 0 Å². The second kappa shape index (κ2) is 11.1. The van der Waals surface area contributed by atoms with Crippen LogP contribution in [0.15, 0.2) is 18.2 Å². The highest BCUT2D eigenvalue weighted by Crippen LogP contribution is 2.20. The van der Waals surface area contributed by atoms with Crippen molar-refractivity contribution in [2.45, 2.75) is 31.8 Å². The third kappa shape index (κ3) is 7.26. The molecular weight excluding hydrogens is 379 g/mol. The van der Waals surface area contributed by atoms with Crippen LogP contribution in [0.2, 0.25) is 0 Å². The van der Waals surface area contributed by atoms with Crippen molar-refractivity contribution < 1.29 is 23.5 Å². The molecule has 8 nitrogen and oxygen atoms in total. The van der Waals surface area contributed by atoms with Gasteiger partial charge in [0.15, 0.2) is 0 Å². The predicted molar refractivity (Wildman–Crippen MR) is 108 cm³/mol. The van der Waals surface area contributed by atoms with Gasteiger partial charge in [-0.25, -0.2) is 9.18 Å². The molecule has 3 amide bonds. The smallest absolute Gasteiger partial charge is 0.319 e. The second-order valence-electron chi connectivity index (χ2n) is 7.25. The molecular formula is C20H29FN4O4. The number of hydrogen-bond donors (Lipinski definition) is 3. The van der Waals surface area contributed by atoms with Crippen LogP contribution in [0.25, 0.3) is 0 Å². The average Bonchev–Trinajstić information content (AvgIpc) is 3.23. The normalized spacial score (nSPS) is 19.7. The quantitative estimate of drug-likeness (QED) is 0.613. The molecule has 9 heteroatoms. The minimum atomic E-state index is -0.547. The Balaban J connectivity index is 1.42. The predicted octanol–water partition coefficient (Wildman–Crippen LogP) is 2.18. The minimum absolute atomic E-state index is 0.0501. The summed E-state index contributed by atoms with van der Waals surface area (Å²) in [6, 6.07) is 3.72. The number of anilines is 2. The Bertz CT molecular complexity index is 691. The van der Waals surface area contributed by atoms with Crippen LogP contribution >= 0.6 is 0 Å². The second-order valence-corrected chi connectivity index (χ2v) is 7.25. The third-order valence-electron chi connectivity index (χ3n) is 5.03. The maximum Gasteiger partial charge on any atom is 0.319 e. The summed E-state index contributed by atoms with van der Waals surface area (Å²) in [4.78, 5) is 26.3. The molecule has 1 aromatic carbocycles. The van der Waals surface area contributed by atoms with E-state index in [1.54, 1.807) is 0 Å². The molecule has 160 valence electrons. The van der Waals surface area contributed by atoms with Crippen LogP contribution in [0.1, 0.15) is 25.7 Å². The highest BCUT2D eigenvalue weighted by Gasteiger charge is 2.16. The van der Waals surface area contributed by atoms with Crippen molar-refractivity contribution in [1.29, 1.82) is 0 Å². The van der Waals surface area contributed by atoms with Crippen molar-refractivity contribution in [3.05, 3.63) is 24.0 Å². The highest BCUT2D eigenvalue weighted by atomic mass is 19.1. The van der Waals surface area contributed by atoms with Gasteiger partial charge in [0.1, 0.15) is 5.82 Å². The van der Waals surface area contributed by atoms with E-state index in [-0.39, 0.29) is 30.2 Å². The SMILES string of the molecule is O=C(CCN1CCOCC1)Nc1cc(NC(=O)NCC[C@H]2CCCO2)ccc1F. The van der Waals surface area contributed by atoms with Crippen molar-refractivity contribution in [3.63, 3.8) is 0 Å². The van der Waals surface area contributed by atoms with Crippen LogP contribution in [0.5, 0.6) is 0 Å². The number of nitrogens with zero attached hydrogens (tertiary/aromatic N) is 1. The lowest BCUT2D eigenvalue weighted by atomic mass is 10.2. The molecule has 0 aromatic heterocycles. The summed E-state index contributed by atoms with van der Waals surface area (Å²) >= 11 is 0. The topological polar surface area (TPSA) is 91.9 Å². The lowest BCUT2D eigenvalue weighted by Crippen LogP contribution is -2.38. The van der Waals surface area contributed by atoms with Crippen molar-refractivity contribution in [1.82, 2.24) is 10.2 Å². The molecule has 1 atom stereocenters. The van der Waals surface area contributed by atoms with E-state index in [9.17, 15) is 14.0 Å². The summed E-state index contributed by atoms with van der Waals surface area (Å²) in [5.41, 5.74) is 0.457. The molecule has 0 bridgehead atoms. The number of nitrogens with one attached hydrogen (secondary N) is 3. The third-order valence-corrected chi connectivity index (χ3v) is 5.03. The van der Waals surface area contributed by atoms with Gasteiger partial charge in [-0.3, -0.25) is 9.69 Å². The molecule has 2 fully saturated rings. The standard InChI is InChI=1S/C20H29FN4O4/c21-17-4-3-15(23-20(27)22-7-5-16-2-1-11-29-16)14-18(17)24-19(26)6-8-25-9-12-28-13-10-25/h3-4,14,16H,1-2,5-13H2,(H,24,26)(H2,22,23,27)/t16-/m1/s1. The Morgan fingerprint density at radius 2 is 2.00 bits per heavy atom. The van der Waals surface area contributed by atoms with E-state index >= 15 is 0 Å². The molecule has 0 radical (unpaired) electrons. The lowest BCUT2D eigenvalue weighted by molar-refractivity contribution is -0.116. The molecule has 29 heavy (non-hydrogen) atoms. The van der Waals surface area contributed by atoms with Gasteiger partial charge < -0.3 is 25.4 Å². The van der Waals surface area contributed by atoms with Crippen molar-refractivity contribution in [3.8, 4) is 0 Å². The summed E-state index contributed by atoms with van der Waals surface area (Å²) < 4.78 is 24.8.